The number of carbonyl (C=O) groups is 6. The van der Waals surface area contributed by atoms with Crippen molar-refractivity contribution in [3.05, 3.63) is 103 Å². The highest BCUT2D eigenvalue weighted by molar-refractivity contribution is 6.25. The van der Waals surface area contributed by atoms with E-state index in [1.54, 1.807) is 37.3 Å². The molecule has 5 rings (SSSR count). The molecule has 1 aromatic heterocycles. The number of fused-ring (bicyclic) bond motifs is 1. The number of anilines is 2. The molecule has 3 aromatic rings. The first-order chi connectivity index (χ1) is 31.0. The second kappa shape index (κ2) is 22.5. The summed E-state index contributed by atoms with van der Waals surface area (Å²) in [6.07, 6.45) is 5.02. The third-order valence-corrected chi connectivity index (χ3v) is 10.9. The van der Waals surface area contributed by atoms with Crippen LogP contribution in [0.15, 0.2) is 53.3 Å². The molecule has 1 fully saturated rings. The van der Waals surface area contributed by atoms with Crippen LogP contribution in [-0.4, -0.2) is 108 Å². The molecule has 1 saturated heterocycles. The van der Waals surface area contributed by atoms with Crippen LogP contribution >= 0.6 is 0 Å². The van der Waals surface area contributed by atoms with Gasteiger partial charge in [-0.25, -0.2) is 5.43 Å². The largest absolute Gasteiger partial charge is 0.404 e. The predicted molar refractivity (Wildman–Crippen MR) is 247 cm³/mol. The number of nitrogens with one attached hydrogen (secondary N) is 8. The van der Waals surface area contributed by atoms with Gasteiger partial charge in [0.25, 0.3) is 23.3 Å². The molecule has 0 saturated carbocycles. The number of carbonyl (C=O) groups excluding carboxylic acids is 6. The van der Waals surface area contributed by atoms with Crippen LogP contribution in [-0.2, 0) is 25.7 Å². The summed E-state index contributed by atoms with van der Waals surface area (Å²) in [4.78, 5) is 94.5. The van der Waals surface area contributed by atoms with Gasteiger partial charge in [0.15, 0.2) is 0 Å². The number of rotatable bonds is 20. The number of hydrogen-bond donors (Lipinski definition) is 9. The van der Waals surface area contributed by atoms with Crippen LogP contribution in [0.25, 0.3) is 11.8 Å². The fraction of sp³-hybridized carbons (Fsp3) is 0.391. The van der Waals surface area contributed by atoms with E-state index in [0.717, 1.165) is 26.9 Å². The van der Waals surface area contributed by atoms with Gasteiger partial charge in [0.05, 0.1) is 36.3 Å². The number of ether oxygens (including phenoxy) is 1. The zero-order valence-electron chi connectivity index (χ0n) is 37.7. The van der Waals surface area contributed by atoms with Gasteiger partial charge in [-0.15, -0.1) is 0 Å². The number of allylic oxidation sites excluding steroid dienone is 1. The number of hydrazine groups is 1. The van der Waals surface area contributed by atoms with Crippen molar-refractivity contribution in [3.63, 3.8) is 0 Å². The minimum Gasteiger partial charge on any atom is -0.404 e. The lowest BCUT2D eigenvalue weighted by Crippen LogP contribution is -2.54. The van der Waals surface area contributed by atoms with E-state index in [9.17, 15) is 33.6 Å². The molecular formula is C46H59N11O8. The Balaban J connectivity index is 1.08. The number of amidine groups is 1. The maximum atomic E-state index is 13.6. The summed E-state index contributed by atoms with van der Waals surface area (Å²) in [5, 5.41) is 21.5. The number of aromatic nitrogens is 1. The highest BCUT2D eigenvalue weighted by Gasteiger charge is 2.45. The lowest BCUT2D eigenvalue weighted by Gasteiger charge is -2.27. The summed E-state index contributed by atoms with van der Waals surface area (Å²) in [6.45, 7) is 13.3. The number of hydrogen-bond acceptors (Lipinski definition) is 13. The number of pyridine rings is 1. The normalized spacial score (nSPS) is 15.6. The molecule has 0 bridgehead atoms. The van der Waals surface area contributed by atoms with Gasteiger partial charge in [-0.2, -0.15) is 0 Å². The molecule has 6 amide bonds. The molecule has 1 unspecified atom stereocenters. The second-order valence-corrected chi connectivity index (χ2v) is 16.0. The monoisotopic (exact) mass is 893 g/mol. The third-order valence-electron chi connectivity index (χ3n) is 10.9. The molecule has 2 aromatic carbocycles. The van der Waals surface area contributed by atoms with Gasteiger partial charge in [-0.05, 0) is 101 Å². The lowest BCUT2D eigenvalue weighted by atomic mass is 10.0. The molecule has 2 aliphatic heterocycles. The molecule has 19 heteroatoms. The number of nitrogens with two attached hydrogens (primary N) is 1. The summed E-state index contributed by atoms with van der Waals surface area (Å²) in [6, 6.07) is 9.27. The summed E-state index contributed by atoms with van der Waals surface area (Å²) in [7, 11) is 0. The van der Waals surface area contributed by atoms with E-state index in [-0.39, 0.29) is 80.0 Å². The van der Waals surface area contributed by atoms with Crippen molar-refractivity contribution in [1.82, 2.24) is 36.3 Å². The first-order valence-electron chi connectivity index (χ1n) is 21.5. The number of imide groups is 2. The number of aryl methyl sites for hydroxylation is 2. The average molecular weight is 894 g/mol. The summed E-state index contributed by atoms with van der Waals surface area (Å²) in [5.41, 5.74) is 15.8. The zero-order valence-corrected chi connectivity index (χ0v) is 37.7. The van der Waals surface area contributed by atoms with Gasteiger partial charge in [-0.1, -0.05) is 12.1 Å². The van der Waals surface area contributed by atoms with Crippen LogP contribution in [0.5, 0.6) is 0 Å². The van der Waals surface area contributed by atoms with Crippen LogP contribution in [0.1, 0.15) is 94.9 Å². The average Bonchev–Trinajstić information content (AvgIpc) is 3.51. The van der Waals surface area contributed by atoms with E-state index in [4.69, 9.17) is 15.9 Å². The van der Waals surface area contributed by atoms with Crippen LogP contribution in [0.3, 0.4) is 0 Å². The smallest absolute Gasteiger partial charge is 0.264 e. The van der Waals surface area contributed by atoms with Crippen molar-refractivity contribution >= 4 is 64.4 Å². The van der Waals surface area contributed by atoms with Gasteiger partial charge in [0.1, 0.15) is 11.9 Å². The zero-order chi connectivity index (χ0) is 47.4. The number of amides is 6. The Labute approximate surface area is 376 Å². The first kappa shape index (κ1) is 48.9. The second-order valence-electron chi connectivity index (χ2n) is 16.0. The Morgan fingerprint density at radius 1 is 1.03 bits per heavy atom. The number of piperidine rings is 1. The number of H-pyrrole nitrogens is 1. The molecule has 0 aliphatic carbocycles. The standard InChI is InChI=1S/C46H59N11O8/c1-7-56(38(48)13-11-27(4)30-22-32(33(24-47)36(23-30)52-26(2)3)42(60)50-25-34-28(5)21-29(6)53-43(34)61)18-16-51-55-40(59)15-19-65-20-17-49-35-10-8-9-31-41(35)46(64)57(45(31)63)37-12-14-39(58)54-44(37)62/h8-11,13,21-24,26,37,48-49,51-52H,7,12,14-20,25,47H2,1-6H3,(H,50,60)(H,53,61)(H,55,59)(H,54,58,62). The molecule has 65 heavy (non-hydrogen) atoms. The Morgan fingerprint density at radius 2 is 1.80 bits per heavy atom. The fourth-order valence-corrected chi connectivity index (χ4v) is 7.50. The van der Waals surface area contributed by atoms with Crippen LogP contribution in [0.2, 0.25) is 0 Å². The van der Waals surface area contributed by atoms with E-state index >= 15 is 0 Å². The first-order valence-corrected chi connectivity index (χ1v) is 21.5. The van der Waals surface area contributed by atoms with E-state index in [2.05, 4.69) is 37.1 Å². The van der Waals surface area contributed by atoms with Gasteiger partial charge >= 0.3 is 0 Å². The van der Waals surface area contributed by atoms with Gasteiger partial charge in [0, 0.05) is 79.2 Å². The van der Waals surface area contributed by atoms with Crippen molar-refractivity contribution in [1.29, 1.82) is 5.41 Å². The summed E-state index contributed by atoms with van der Waals surface area (Å²) in [5.74, 6) is -2.78. The number of benzene rings is 2. The summed E-state index contributed by atoms with van der Waals surface area (Å²) >= 11 is 0. The van der Waals surface area contributed by atoms with Crippen molar-refractivity contribution in [2.24, 2.45) is 5.73 Å². The molecule has 10 N–H and O–H groups in total. The predicted octanol–water partition coefficient (Wildman–Crippen LogP) is 1.01. The molecule has 3 heterocycles. The minimum absolute atomic E-state index is 0.0300. The molecule has 0 radical (unpaired) electrons. The molecule has 1 atom stereocenters. The lowest BCUT2D eigenvalue weighted by molar-refractivity contribution is -0.136. The van der Waals surface area contributed by atoms with Crippen molar-refractivity contribution < 1.29 is 33.5 Å². The van der Waals surface area contributed by atoms with Crippen molar-refractivity contribution in [3.8, 4) is 0 Å². The maximum absolute atomic E-state index is 13.6. The Bertz CT molecular complexity index is 2570. The van der Waals surface area contributed by atoms with Crippen molar-refractivity contribution in [2.75, 3.05) is 50.0 Å². The molecule has 0 spiro atoms. The van der Waals surface area contributed by atoms with E-state index < -0.39 is 35.6 Å². The Morgan fingerprint density at radius 3 is 2.49 bits per heavy atom. The van der Waals surface area contributed by atoms with Crippen LogP contribution < -0.4 is 53.8 Å². The fourth-order valence-electron chi connectivity index (χ4n) is 7.50. The number of nitrogens with zero attached hydrogens (tertiary/aromatic N) is 2. The van der Waals surface area contributed by atoms with E-state index in [1.165, 1.54) is 12.3 Å². The molecule has 2 aliphatic rings. The Kier molecular flexibility index (Phi) is 16.9. The van der Waals surface area contributed by atoms with Gasteiger partial charge < -0.3 is 36.3 Å². The maximum Gasteiger partial charge on any atom is 0.264 e. The molecular weight excluding hydrogens is 835 g/mol. The van der Waals surface area contributed by atoms with Gasteiger partial charge in [-0.3, -0.25) is 54.6 Å². The highest BCUT2D eigenvalue weighted by atomic mass is 16.5. The SMILES string of the molecule is CCN(CCNNC(=O)CCOCCNc1cccc2c1C(=O)N(C1CCC(=O)NC1=O)C2=O)C(=N)C=CC(C)=c1cc(NC(C)C)c(=CN)c(C(=O)NCc2c(C)cc(C)[nH]c2=O)c1. The topological polar surface area (TPSA) is 273 Å². The van der Waals surface area contributed by atoms with E-state index in [0.29, 0.717) is 47.4 Å². The quantitative estimate of drug-likeness (QED) is 0.0252. The van der Waals surface area contributed by atoms with Gasteiger partial charge in [0.2, 0.25) is 17.7 Å². The van der Waals surface area contributed by atoms with Crippen LogP contribution in [0.4, 0.5) is 11.4 Å². The minimum atomic E-state index is -1.06. The molecule has 346 valence electrons. The van der Waals surface area contributed by atoms with Crippen LogP contribution in [0, 0.1) is 19.3 Å². The highest BCUT2D eigenvalue weighted by Crippen LogP contribution is 2.32. The van der Waals surface area contributed by atoms with E-state index in [1.807, 2.05) is 51.7 Å². The molecule has 19 nitrogen and oxygen atoms in total. The number of likely N-dealkylation sites (N-methyl/N-ethyl adjacent to an activating group) is 1. The Hall–Kier alpha value is -7.12. The number of aromatic amines is 1. The third kappa shape index (κ3) is 12.3. The van der Waals surface area contributed by atoms with Crippen molar-refractivity contribution in [2.45, 2.75) is 79.4 Å². The summed E-state index contributed by atoms with van der Waals surface area (Å²) < 4.78 is 5.61.